The van der Waals surface area contributed by atoms with E-state index in [4.69, 9.17) is 18.9 Å². The van der Waals surface area contributed by atoms with Crippen LogP contribution < -0.4 is 10.6 Å². The molecule has 0 aromatic rings. The van der Waals surface area contributed by atoms with E-state index in [0.29, 0.717) is 39.4 Å². The Kier molecular flexibility index (Phi) is 40.2. The van der Waals surface area contributed by atoms with Gasteiger partial charge >= 0.3 is 24.1 Å². The first kappa shape index (κ1) is 56.4. The summed E-state index contributed by atoms with van der Waals surface area (Å²) in [6.07, 6.45) is 23.7. The zero-order valence-corrected chi connectivity index (χ0v) is 39.1. The van der Waals surface area contributed by atoms with Gasteiger partial charge in [0.1, 0.15) is 12.2 Å². The zero-order valence-electron chi connectivity index (χ0n) is 39.1. The van der Waals surface area contributed by atoms with Crippen LogP contribution in [-0.2, 0) is 28.5 Å². The fraction of sp³-hybridized carbons (Fsp3) is 0.915. The van der Waals surface area contributed by atoms with Crippen molar-refractivity contribution < 1.29 is 38.1 Å². The smallest absolute Gasteiger partial charge is 0.407 e. The number of carbonyl (C=O) groups is 4. The Hall–Kier alpha value is -2.60. The molecule has 59 heavy (non-hydrogen) atoms. The van der Waals surface area contributed by atoms with Gasteiger partial charge in [-0.15, -0.1) is 0 Å². The molecule has 0 aliphatic heterocycles. The highest BCUT2D eigenvalue weighted by atomic mass is 16.6. The van der Waals surface area contributed by atoms with Crippen LogP contribution in [-0.4, -0.2) is 112 Å². The second kappa shape index (κ2) is 42.1. The molecular formula is C47H92N4O8. The Morgan fingerprint density at radius 1 is 0.441 bits per heavy atom. The summed E-state index contributed by atoms with van der Waals surface area (Å²) in [7, 11) is 0. The van der Waals surface area contributed by atoms with E-state index in [-0.39, 0.29) is 49.2 Å². The van der Waals surface area contributed by atoms with Crippen LogP contribution in [0.5, 0.6) is 0 Å². The van der Waals surface area contributed by atoms with Crippen LogP contribution in [0.1, 0.15) is 202 Å². The number of esters is 2. The van der Waals surface area contributed by atoms with Crippen LogP contribution in [0, 0.1) is 0 Å². The first-order valence-electron chi connectivity index (χ1n) is 24.4. The monoisotopic (exact) mass is 841 g/mol. The maximum Gasteiger partial charge on any atom is 0.407 e. The molecule has 2 atom stereocenters. The van der Waals surface area contributed by atoms with Crippen LogP contribution >= 0.6 is 0 Å². The molecule has 0 heterocycles. The summed E-state index contributed by atoms with van der Waals surface area (Å²) in [6, 6.07) is 0. The minimum Gasteiger partial charge on any atom is -0.466 e. The predicted octanol–water partition coefficient (Wildman–Crippen LogP) is 10.7. The Morgan fingerprint density at radius 3 is 1.24 bits per heavy atom. The van der Waals surface area contributed by atoms with Gasteiger partial charge in [0.05, 0.1) is 26.1 Å². The molecule has 2 N–H and O–H groups in total. The minimum atomic E-state index is -0.344. The third kappa shape index (κ3) is 36.9. The third-order valence-electron chi connectivity index (χ3n) is 11.0. The van der Waals surface area contributed by atoms with Gasteiger partial charge in [0.15, 0.2) is 0 Å². The number of unbranched alkanes of at least 4 members (excludes halogenated alkanes) is 14. The van der Waals surface area contributed by atoms with Crippen molar-refractivity contribution in [2.45, 2.75) is 214 Å². The molecule has 0 aromatic heterocycles. The summed E-state index contributed by atoms with van der Waals surface area (Å²) in [4.78, 5) is 54.2. The molecule has 12 heteroatoms. The lowest BCUT2D eigenvalue weighted by atomic mass is 10.1. The quantitative estimate of drug-likeness (QED) is 0.0347. The second-order valence-corrected chi connectivity index (χ2v) is 16.1. The third-order valence-corrected chi connectivity index (χ3v) is 11.0. The lowest BCUT2D eigenvalue weighted by Crippen LogP contribution is -2.33. The van der Waals surface area contributed by atoms with E-state index in [9.17, 15) is 19.2 Å². The van der Waals surface area contributed by atoms with E-state index in [1.165, 1.54) is 64.2 Å². The number of amides is 2. The maximum absolute atomic E-state index is 12.6. The molecule has 2 unspecified atom stereocenters. The number of carbonyl (C=O) groups excluding carboxylic acids is 4. The van der Waals surface area contributed by atoms with Gasteiger partial charge in [-0.2, -0.15) is 0 Å². The van der Waals surface area contributed by atoms with Gasteiger partial charge in [-0.1, -0.05) is 106 Å². The molecule has 0 aromatic carbocycles. The average molecular weight is 841 g/mol. The predicted molar refractivity (Wildman–Crippen MR) is 241 cm³/mol. The highest BCUT2D eigenvalue weighted by molar-refractivity contribution is 5.70. The van der Waals surface area contributed by atoms with Crippen LogP contribution in [0.25, 0.3) is 0 Å². The first-order chi connectivity index (χ1) is 28.7. The average Bonchev–Trinajstić information content (AvgIpc) is 3.23. The van der Waals surface area contributed by atoms with Crippen molar-refractivity contribution in [3.05, 3.63) is 0 Å². The number of nitrogens with one attached hydrogen (secondary N) is 2. The number of ether oxygens (including phenoxy) is 4. The van der Waals surface area contributed by atoms with Gasteiger partial charge in [0, 0.05) is 26.2 Å². The molecule has 0 bridgehead atoms. The number of hydrogen-bond acceptors (Lipinski definition) is 10. The SMILES string of the molecule is CCCCCCCCC(CC)OC(=O)NCCCCCOC(=O)CCN(CCCN(CC)CC)CCC(=O)OCCCCCNC(=O)OC(CC)CCCCCCCC. The summed E-state index contributed by atoms with van der Waals surface area (Å²) < 4.78 is 22.2. The van der Waals surface area contributed by atoms with E-state index >= 15 is 0 Å². The molecule has 12 nitrogen and oxygen atoms in total. The molecular weight excluding hydrogens is 749 g/mol. The van der Waals surface area contributed by atoms with E-state index in [1.807, 2.05) is 0 Å². The van der Waals surface area contributed by atoms with Gasteiger partial charge in [0.25, 0.3) is 0 Å². The van der Waals surface area contributed by atoms with Crippen molar-refractivity contribution in [1.29, 1.82) is 0 Å². The van der Waals surface area contributed by atoms with Crippen LogP contribution in [0.2, 0.25) is 0 Å². The second-order valence-electron chi connectivity index (χ2n) is 16.1. The van der Waals surface area contributed by atoms with Crippen LogP contribution in [0.3, 0.4) is 0 Å². The zero-order chi connectivity index (χ0) is 43.6. The lowest BCUT2D eigenvalue weighted by Gasteiger charge is -2.24. The summed E-state index contributed by atoms with van der Waals surface area (Å²) in [5, 5.41) is 5.72. The van der Waals surface area contributed by atoms with E-state index in [0.717, 1.165) is 110 Å². The topological polar surface area (TPSA) is 136 Å². The number of nitrogens with zero attached hydrogens (tertiary/aromatic N) is 2. The molecule has 0 saturated carbocycles. The fourth-order valence-electron chi connectivity index (χ4n) is 6.98. The van der Waals surface area contributed by atoms with Crippen molar-refractivity contribution in [1.82, 2.24) is 20.4 Å². The molecule has 0 fully saturated rings. The highest BCUT2D eigenvalue weighted by Gasteiger charge is 2.15. The van der Waals surface area contributed by atoms with Gasteiger partial charge in [-0.05, 0) is 110 Å². The number of alkyl carbamates (subject to hydrolysis) is 2. The van der Waals surface area contributed by atoms with E-state index < -0.39 is 0 Å². The largest absolute Gasteiger partial charge is 0.466 e. The molecule has 0 rings (SSSR count). The first-order valence-corrected chi connectivity index (χ1v) is 24.4. The molecule has 0 spiro atoms. The van der Waals surface area contributed by atoms with Crippen LogP contribution in [0.4, 0.5) is 9.59 Å². The summed E-state index contributed by atoms with van der Waals surface area (Å²) in [5.41, 5.74) is 0. The Bertz CT molecular complexity index is 931. The van der Waals surface area contributed by atoms with Crippen molar-refractivity contribution >= 4 is 24.1 Å². The Morgan fingerprint density at radius 2 is 0.831 bits per heavy atom. The molecule has 348 valence electrons. The molecule has 0 aliphatic rings. The van der Waals surface area contributed by atoms with Gasteiger partial charge in [-0.25, -0.2) is 9.59 Å². The standard InChI is InChI=1S/C47H92N4O8/c1-7-13-15-17-19-23-30-42(9-3)58-46(54)48-34-25-21-27-40-56-44(52)32-38-51(37-29-36-50(11-5)12-6)39-33-45(53)57-41-28-22-26-35-49-47(55)59-43(10-4)31-24-20-18-16-14-8-2/h42-43H,7-41H2,1-6H3,(H,48,54)(H,49,55). The highest BCUT2D eigenvalue weighted by Crippen LogP contribution is 2.14. The molecule has 0 aliphatic carbocycles. The van der Waals surface area contributed by atoms with Crippen molar-refractivity contribution in [2.75, 3.05) is 65.6 Å². The summed E-state index contributed by atoms with van der Waals surface area (Å²) >= 11 is 0. The van der Waals surface area contributed by atoms with E-state index in [2.05, 4.69) is 62.0 Å². The van der Waals surface area contributed by atoms with E-state index in [1.54, 1.807) is 0 Å². The molecule has 0 radical (unpaired) electrons. The van der Waals surface area contributed by atoms with Gasteiger partial charge in [0.2, 0.25) is 0 Å². The van der Waals surface area contributed by atoms with Crippen molar-refractivity contribution in [3.8, 4) is 0 Å². The molecule has 2 amide bonds. The summed E-state index contributed by atoms with van der Waals surface area (Å²) in [6.45, 7) is 19.5. The number of hydrogen-bond donors (Lipinski definition) is 2. The van der Waals surface area contributed by atoms with Crippen molar-refractivity contribution in [2.24, 2.45) is 0 Å². The molecule has 0 saturated heterocycles. The maximum atomic E-state index is 12.6. The lowest BCUT2D eigenvalue weighted by molar-refractivity contribution is -0.144. The van der Waals surface area contributed by atoms with Crippen LogP contribution in [0.15, 0.2) is 0 Å². The fourth-order valence-corrected chi connectivity index (χ4v) is 6.98. The van der Waals surface area contributed by atoms with Crippen molar-refractivity contribution in [3.63, 3.8) is 0 Å². The Labute approximate surface area is 361 Å². The minimum absolute atomic E-state index is 0.0269. The normalized spacial score (nSPS) is 12.3. The Balaban J connectivity index is 4.28. The number of rotatable bonds is 42. The van der Waals surface area contributed by atoms with Gasteiger partial charge < -0.3 is 39.4 Å². The van der Waals surface area contributed by atoms with Gasteiger partial charge in [-0.3, -0.25) is 9.59 Å². The summed E-state index contributed by atoms with van der Waals surface area (Å²) in [5.74, 6) is -0.472.